The lowest BCUT2D eigenvalue weighted by Gasteiger charge is -2.13. The third-order valence-corrected chi connectivity index (χ3v) is 2.81. The quantitative estimate of drug-likeness (QED) is 0.676. The van der Waals surface area contributed by atoms with E-state index in [9.17, 15) is 13.6 Å². The maximum absolute atomic E-state index is 12.9. The Morgan fingerprint density at radius 2 is 2.00 bits per heavy atom. The lowest BCUT2D eigenvalue weighted by atomic mass is 10.3. The smallest absolute Gasteiger partial charge is 0.333 e. The molecule has 3 nitrogen and oxygen atoms in total. The van der Waals surface area contributed by atoms with Crippen LogP contribution in [0, 0.1) is 0 Å². The van der Waals surface area contributed by atoms with Crippen molar-refractivity contribution in [2.24, 2.45) is 0 Å². The Kier molecular flexibility index (Phi) is 4.45. The van der Waals surface area contributed by atoms with Gasteiger partial charge in [0.1, 0.15) is 5.75 Å². The van der Waals surface area contributed by atoms with Crippen LogP contribution >= 0.6 is 22.6 Å². The van der Waals surface area contributed by atoms with E-state index in [-0.39, 0.29) is 0 Å². The highest BCUT2D eigenvalue weighted by Gasteiger charge is 2.37. The van der Waals surface area contributed by atoms with E-state index in [1.807, 2.05) is 0 Å². The van der Waals surface area contributed by atoms with Gasteiger partial charge in [-0.05, 0) is 24.3 Å². The van der Waals surface area contributed by atoms with Gasteiger partial charge in [-0.2, -0.15) is 8.78 Å². The number of carbonyl (C=O) groups excluding carboxylic acids is 1. The predicted molar refractivity (Wildman–Crippen MR) is 65.5 cm³/mol. The molecule has 1 N–H and O–H groups in total. The van der Waals surface area contributed by atoms with Crippen LogP contribution in [0.5, 0.6) is 5.75 Å². The van der Waals surface area contributed by atoms with Crippen LogP contribution in [0.25, 0.3) is 0 Å². The van der Waals surface area contributed by atoms with Gasteiger partial charge < -0.3 is 10.1 Å². The number of amides is 1. The number of halogens is 3. The van der Waals surface area contributed by atoms with E-state index in [2.05, 4.69) is 5.32 Å². The van der Waals surface area contributed by atoms with Gasteiger partial charge in [-0.3, -0.25) is 4.79 Å². The first-order valence-electron chi connectivity index (χ1n) is 4.39. The molecule has 0 saturated heterocycles. The van der Waals surface area contributed by atoms with E-state index in [1.54, 1.807) is 12.1 Å². The fraction of sp³-hybridized carbons (Fsp3) is 0.300. The minimum Gasteiger partial charge on any atom is -0.497 e. The van der Waals surface area contributed by atoms with E-state index in [0.29, 0.717) is 11.4 Å². The summed E-state index contributed by atoms with van der Waals surface area (Å²) in [7, 11) is 1.50. The summed E-state index contributed by atoms with van der Waals surface area (Å²) in [6.07, 6.45) is 0. The summed E-state index contributed by atoms with van der Waals surface area (Å²) in [6.45, 7) is 0. The van der Waals surface area contributed by atoms with Gasteiger partial charge in [-0.1, -0.05) is 22.6 Å². The molecule has 0 aliphatic heterocycles. The molecular weight excluding hydrogens is 331 g/mol. The molecule has 0 aromatic heterocycles. The van der Waals surface area contributed by atoms with Crippen LogP contribution in [0.15, 0.2) is 24.3 Å². The van der Waals surface area contributed by atoms with Crippen molar-refractivity contribution in [3.8, 4) is 5.75 Å². The van der Waals surface area contributed by atoms with Crippen LogP contribution in [0.1, 0.15) is 0 Å². The predicted octanol–water partition coefficient (Wildman–Crippen LogP) is 2.70. The third kappa shape index (κ3) is 3.29. The zero-order valence-electron chi connectivity index (χ0n) is 8.47. The second kappa shape index (κ2) is 5.42. The lowest BCUT2D eigenvalue weighted by molar-refractivity contribution is -0.136. The molecule has 1 aromatic rings. The van der Waals surface area contributed by atoms with Gasteiger partial charge in [0, 0.05) is 5.69 Å². The maximum Gasteiger partial charge on any atom is 0.333 e. The molecule has 0 atom stereocenters. The number of carbonyl (C=O) groups is 1. The summed E-state index contributed by atoms with van der Waals surface area (Å²) in [4.78, 5) is 11.1. The minimum absolute atomic E-state index is 0.315. The Labute approximate surface area is 105 Å². The molecule has 0 bridgehead atoms. The monoisotopic (exact) mass is 341 g/mol. The van der Waals surface area contributed by atoms with E-state index in [1.165, 1.54) is 41.8 Å². The number of benzene rings is 1. The number of anilines is 1. The molecule has 0 aliphatic rings. The second-order valence-electron chi connectivity index (χ2n) is 3.02. The van der Waals surface area contributed by atoms with Gasteiger partial charge in [-0.25, -0.2) is 0 Å². The van der Waals surface area contributed by atoms with Crippen molar-refractivity contribution in [2.45, 2.75) is 5.92 Å². The summed E-state index contributed by atoms with van der Waals surface area (Å²) >= 11 is 1.47. The molecule has 0 spiro atoms. The average molecular weight is 341 g/mol. The van der Waals surface area contributed by atoms with Crippen LogP contribution in [0.4, 0.5) is 14.5 Å². The zero-order valence-corrected chi connectivity index (χ0v) is 10.6. The highest BCUT2D eigenvalue weighted by atomic mass is 127. The summed E-state index contributed by atoms with van der Waals surface area (Å²) < 4.78 is 30.2. The summed E-state index contributed by atoms with van der Waals surface area (Å²) in [5, 5.41) is 2.14. The number of ether oxygens (including phenoxy) is 1. The number of methoxy groups -OCH3 is 1. The van der Waals surface area contributed by atoms with Crippen molar-refractivity contribution in [3.05, 3.63) is 24.3 Å². The third-order valence-electron chi connectivity index (χ3n) is 1.85. The van der Waals surface area contributed by atoms with Crippen molar-refractivity contribution in [1.82, 2.24) is 0 Å². The van der Waals surface area contributed by atoms with Crippen LogP contribution in [-0.4, -0.2) is 23.4 Å². The van der Waals surface area contributed by atoms with Gasteiger partial charge in [0.05, 0.1) is 11.5 Å². The Balaban J connectivity index is 2.70. The Hall–Kier alpha value is -0.920. The Morgan fingerprint density at radius 1 is 1.44 bits per heavy atom. The number of alkyl halides is 3. The first-order chi connectivity index (χ1) is 7.49. The molecular formula is C10H10F2INO2. The summed E-state index contributed by atoms with van der Waals surface area (Å²) in [5.74, 6) is -4.05. The first-order valence-corrected chi connectivity index (χ1v) is 5.91. The van der Waals surface area contributed by atoms with E-state index < -0.39 is 16.3 Å². The molecule has 0 saturated carbocycles. The average Bonchev–Trinajstić information content (AvgIpc) is 2.30. The number of nitrogens with one attached hydrogen (secondary N) is 1. The fourth-order valence-corrected chi connectivity index (χ4v) is 1.30. The Morgan fingerprint density at radius 3 is 2.44 bits per heavy atom. The second-order valence-corrected chi connectivity index (χ2v) is 3.78. The van der Waals surface area contributed by atoms with Gasteiger partial charge in [-0.15, -0.1) is 0 Å². The van der Waals surface area contributed by atoms with Crippen LogP contribution in [0.2, 0.25) is 0 Å². The van der Waals surface area contributed by atoms with Gasteiger partial charge in [0.2, 0.25) is 0 Å². The number of hydrogen-bond acceptors (Lipinski definition) is 2. The number of rotatable bonds is 4. The van der Waals surface area contributed by atoms with Crippen LogP contribution in [-0.2, 0) is 4.79 Å². The highest BCUT2D eigenvalue weighted by Crippen LogP contribution is 2.21. The molecule has 1 amide bonds. The van der Waals surface area contributed by atoms with Crippen LogP contribution < -0.4 is 10.1 Å². The topological polar surface area (TPSA) is 38.3 Å². The summed E-state index contributed by atoms with van der Waals surface area (Å²) in [5.41, 5.74) is 0.315. The van der Waals surface area contributed by atoms with Gasteiger partial charge in [0.15, 0.2) is 0 Å². The van der Waals surface area contributed by atoms with Crippen molar-refractivity contribution in [2.75, 3.05) is 16.9 Å². The van der Waals surface area contributed by atoms with E-state index in [0.717, 1.165) is 0 Å². The molecule has 16 heavy (non-hydrogen) atoms. The standard InChI is InChI=1S/C10H10F2INO2/c1-16-8-4-2-7(3-5-8)14-9(15)10(11,12)6-13/h2-5H,6H2,1H3,(H,14,15). The largest absolute Gasteiger partial charge is 0.497 e. The van der Waals surface area contributed by atoms with Crippen molar-refractivity contribution in [3.63, 3.8) is 0 Å². The SMILES string of the molecule is COc1ccc(NC(=O)C(F)(F)CI)cc1. The summed E-state index contributed by atoms with van der Waals surface area (Å²) in [6, 6.07) is 6.16. The molecule has 0 radical (unpaired) electrons. The fourth-order valence-electron chi connectivity index (χ4n) is 0.958. The minimum atomic E-state index is -3.35. The van der Waals surface area contributed by atoms with Crippen molar-refractivity contribution in [1.29, 1.82) is 0 Å². The highest BCUT2D eigenvalue weighted by molar-refractivity contribution is 14.1. The van der Waals surface area contributed by atoms with Crippen molar-refractivity contribution >= 4 is 34.2 Å². The van der Waals surface area contributed by atoms with E-state index in [4.69, 9.17) is 4.74 Å². The molecule has 6 heteroatoms. The molecule has 0 heterocycles. The van der Waals surface area contributed by atoms with Gasteiger partial charge in [0.25, 0.3) is 5.91 Å². The molecule has 1 aromatic carbocycles. The molecule has 1 rings (SSSR count). The van der Waals surface area contributed by atoms with Crippen molar-refractivity contribution < 1.29 is 18.3 Å². The maximum atomic E-state index is 12.9. The molecule has 0 unspecified atom stereocenters. The first kappa shape index (κ1) is 13.1. The van der Waals surface area contributed by atoms with E-state index >= 15 is 0 Å². The van der Waals surface area contributed by atoms with Gasteiger partial charge >= 0.3 is 5.92 Å². The Bertz CT molecular complexity index is 368. The number of hydrogen-bond donors (Lipinski definition) is 1. The molecule has 0 fully saturated rings. The molecule has 0 aliphatic carbocycles. The normalized spacial score (nSPS) is 11.0. The molecule has 88 valence electrons. The lowest BCUT2D eigenvalue weighted by Crippen LogP contribution is -2.35. The van der Waals surface area contributed by atoms with Crippen LogP contribution in [0.3, 0.4) is 0 Å². The zero-order chi connectivity index (χ0) is 12.2.